The number of rotatable bonds is 4. The van der Waals surface area contributed by atoms with Gasteiger partial charge in [0.15, 0.2) is 11.2 Å². The number of aliphatic hydroxyl groups excluding tert-OH is 1. The maximum absolute atomic E-state index is 13.1. The molecule has 1 fully saturated rings. The van der Waals surface area contributed by atoms with Gasteiger partial charge in [-0.1, -0.05) is 62.4 Å². The average Bonchev–Trinajstić information content (AvgIpc) is 3.05. The zero-order valence-electron chi connectivity index (χ0n) is 17.4. The topological polar surface area (TPSA) is 70.0 Å². The number of carbonyl (C=O) groups excluding carboxylic acids is 1. The van der Waals surface area contributed by atoms with Gasteiger partial charge in [-0.3, -0.25) is 4.79 Å². The molecular weight excluding hydrogens is 366 g/mol. The lowest BCUT2D eigenvalue weighted by Crippen LogP contribution is -2.57. The summed E-state index contributed by atoms with van der Waals surface area (Å²) in [6, 6.07) is 17.1. The summed E-state index contributed by atoms with van der Waals surface area (Å²) < 4.78 is 6.55. The van der Waals surface area contributed by atoms with Gasteiger partial charge in [-0.15, -0.1) is 0 Å². The Labute approximate surface area is 171 Å². The van der Waals surface area contributed by atoms with Crippen LogP contribution in [0.1, 0.15) is 25.0 Å². The molecule has 5 nitrogen and oxygen atoms in total. The third kappa shape index (κ3) is 2.64. The zero-order valence-corrected chi connectivity index (χ0v) is 17.4. The molecule has 4 rings (SSSR count). The minimum atomic E-state index is -1.68. The van der Waals surface area contributed by atoms with E-state index in [1.807, 2.05) is 62.4 Å². The third-order valence-corrected chi connectivity index (χ3v) is 6.68. The first-order valence-corrected chi connectivity index (χ1v) is 10.2. The van der Waals surface area contributed by atoms with Crippen molar-refractivity contribution in [2.24, 2.45) is 17.8 Å². The van der Waals surface area contributed by atoms with Crippen LogP contribution < -0.4 is 4.74 Å². The lowest BCUT2D eigenvalue weighted by molar-refractivity contribution is -0.156. The molecule has 2 N–H and O–H groups in total. The SMILES string of the molecule is CC(C)[C@H]1[C@H](C(=O)N(C)C)[C@@H](O)[C@@]2(O)c3ccccc3O[C@@]12Cc1ccccc1. The first-order valence-electron chi connectivity index (χ1n) is 10.2. The van der Waals surface area contributed by atoms with Crippen LogP contribution in [0.25, 0.3) is 0 Å². The first-order chi connectivity index (χ1) is 13.7. The normalized spacial score (nSPS) is 32.6. The molecule has 5 atom stereocenters. The predicted octanol–water partition coefficient (Wildman–Crippen LogP) is 2.60. The summed E-state index contributed by atoms with van der Waals surface area (Å²) in [5.41, 5.74) is -1.26. The minimum Gasteiger partial charge on any atom is -0.483 e. The van der Waals surface area contributed by atoms with E-state index in [1.165, 1.54) is 4.90 Å². The number of carbonyl (C=O) groups is 1. The number of fused-ring (bicyclic) bond motifs is 3. The largest absolute Gasteiger partial charge is 0.483 e. The second-order valence-electron chi connectivity index (χ2n) is 8.89. The molecule has 0 bridgehead atoms. The standard InChI is InChI=1S/C24H29NO4/c1-15(2)20-19(22(27)25(3)4)21(26)24(28)17-12-8-9-13-18(17)29-23(20,24)14-16-10-6-5-7-11-16/h5-13,15,19-21,26,28H,14H2,1-4H3/t19-,20-,21+,23-,24-/m0/s1. The fourth-order valence-corrected chi connectivity index (χ4v) is 5.58. The molecule has 0 saturated heterocycles. The lowest BCUT2D eigenvalue weighted by Gasteiger charge is -2.42. The van der Waals surface area contributed by atoms with Crippen molar-refractivity contribution in [3.05, 3.63) is 65.7 Å². The lowest BCUT2D eigenvalue weighted by atomic mass is 9.70. The molecule has 1 aliphatic heterocycles. The van der Waals surface area contributed by atoms with Gasteiger partial charge >= 0.3 is 0 Å². The number of para-hydroxylation sites is 1. The number of benzene rings is 2. The second-order valence-corrected chi connectivity index (χ2v) is 8.89. The molecular formula is C24H29NO4. The van der Waals surface area contributed by atoms with E-state index in [2.05, 4.69) is 0 Å². The van der Waals surface area contributed by atoms with Crippen molar-refractivity contribution in [3.8, 4) is 5.75 Å². The van der Waals surface area contributed by atoms with E-state index < -0.39 is 23.2 Å². The first kappa shape index (κ1) is 19.9. The zero-order chi connectivity index (χ0) is 21.0. The second kappa shape index (κ2) is 6.85. The van der Waals surface area contributed by atoms with Crippen LogP contribution in [0, 0.1) is 17.8 Å². The highest BCUT2D eigenvalue weighted by atomic mass is 16.5. The van der Waals surface area contributed by atoms with Crippen LogP contribution in [-0.4, -0.2) is 46.8 Å². The van der Waals surface area contributed by atoms with Gasteiger partial charge in [0.25, 0.3) is 0 Å². The fourth-order valence-electron chi connectivity index (χ4n) is 5.58. The summed E-state index contributed by atoms with van der Waals surface area (Å²) in [5, 5.41) is 23.6. The molecule has 5 heteroatoms. The van der Waals surface area contributed by atoms with Crippen LogP contribution in [-0.2, 0) is 16.8 Å². The maximum Gasteiger partial charge on any atom is 0.228 e. The van der Waals surface area contributed by atoms with Gasteiger partial charge in [0.05, 0.1) is 5.92 Å². The monoisotopic (exact) mass is 395 g/mol. The van der Waals surface area contributed by atoms with Crippen molar-refractivity contribution >= 4 is 5.91 Å². The Bertz CT molecular complexity index is 912. The molecule has 1 heterocycles. The average molecular weight is 395 g/mol. The Morgan fingerprint density at radius 3 is 2.34 bits per heavy atom. The number of aliphatic hydroxyl groups is 2. The van der Waals surface area contributed by atoms with E-state index in [0.29, 0.717) is 17.7 Å². The van der Waals surface area contributed by atoms with E-state index in [9.17, 15) is 15.0 Å². The molecule has 0 spiro atoms. The predicted molar refractivity (Wildman–Crippen MR) is 110 cm³/mol. The van der Waals surface area contributed by atoms with Gasteiger partial charge in [0.2, 0.25) is 5.91 Å². The number of hydrogen-bond donors (Lipinski definition) is 2. The van der Waals surface area contributed by atoms with E-state index in [4.69, 9.17) is 4.74 Å². The molecule has 2 aliphatic rings. The molecule has 1 aliphatic carbocycles. The minimum absolute atomic E-state index is 0.00518. The Morgan fingerprint density at radius 1 is 1.10 bits per heavy atom. The summed E-state index contributed by atoms with van der Waals surface area (Å²) in [7, 11) is 3.37. The number of nitrogens with zero attached hydrogens (tertiary/aromatic N) is 1. The van der Waals surface area contributed by atoms with Crippen LogP contribution in [0.4, 0.5) is 0 Å². The number of amides is 1. The van der Waals surface area contributed by atoms with Crippen LogP contribution >= 0.6 is 0 Å². The summed E-state index contributed by atoms with van der Waals surface area (Å²) in [6.45, 7) is 4.05. The molecule has 29 heavy (non-hydrogen) atoms. The molecule has 0 radical (unpaired) electrons. The molecule has 1 saturated carbocycles. The Kier molecular flexibility index (Phi) is 4.71. The summed E-state index contributed by atoms with van der Waals surface area (Å²) >= 11 is 0. The molecule has 154 valence electrons. The summed E-state index contributed by atoms with van der Waals surface area (Å²) in [4.78, 5) is 14.6. The van der Waals surface area contributed by atoms with Crippen LogP contribution in [0.15, 0.2) is 54.6 Å². The van der Waals surface area contributed by atoms with Crippen molar-refractivity contribution in [1.29, 1.82) is 0 Å². The molecule has 2 aromatic rings. The summed E-state index contributed by atoms with van der Waals surface area (Å²) in [6.07, 6.45) is -0.868. The number of ether oxygens (including phenoxy) is 1. The van der Waals surface area contributed by atoms with Gasteiger partial charge in [0, 0.05) is 32.0 Å². The van der Waals surface area contributed by atoms with Crippen molar-refractivity contribution < 1.29 is 19.7 Å². The van der Waals surface area contributed by atoms with Crippen molar-refractivity contribution in [3.63, 3.8) is 0 Å². The third-order valence-electron chi connectivity index (χ3n) is 6.68. The van der Waals surface area contributed by atoms with Crippen LogP contribution in [0.2, 0.25) is 0 Å². The maximum atomic E-state index is 13.1. The molecule has 0 aromatic heterocycles. The Hall–Kier alpha value is -2.37. The van der Waals surface area contributed by atoms with Gasteiger partial charge in [-0.25, -0.2) is 0 Å². The van der Waals surface area contributed by atoms with E-state index in [-0.39, 0.29) is 17.7 Å². The van der Waals surface area contributed by atoms with Crippen molar-refractivity contribution in [2.45, 2.75) is 37.6 Å². The van der Waals surface area contributed by atoms with Crippen LogP contribution in [0.3, 0.4) is 0 Å². The number of hydrogen-bond acceptors (Lipinski definition) is 4. The molecule has 2 aromatic carbocycles. The van der Waals surface area contributed by atoms with Gasteiger partial charge in [-0.05, 0) is 17.5 Å². The highest BCUT2D eigenvalue weighted by molar-refractivity contribution is 5.81. The van der Waals surface area contributed by atoms with Crippen molar-refractivity contribution in [1.82, 2.24) is 4.90 Å². The van der Waals surface area contributed by atoms with Crippen LogP contribution in [0.5, 0.6) is 5.75 Å². The highest BCUT2D eigenvalue weighted by Gasteiger charge is 2.76. The highest BCUT2D eigenvalue weighted by Crippen LogP contribution is 2.63. The van der Waals surface area contributed by atoms with E-state index in [0.717, 1.165) is 5.56 Å². The molecule has 1 amide bonds. The Morgan fingerprint density at radius 2 is 1.72 bits per heavy atom. The quantitative estimate of drug-likeness (QED) is 0.835. The van der Waals surface area contributed by atoms with Gasteiger partial charge < -0.3 is 19.8 Å². The van der Waals surface area contributed by atoms with E-state index in [1.54, 1.807) is 20.2 Å². The van der Waals surface area contributed by atoms with Gasteiger partial charge in [-0.2, -0.15) is 0 Å². The summed E-state index contributed by atoms with van der Waals surface area (Å²) in [5.74, 6) is -0.735. The fraction of sp³-hybridized carbons (Fsp3) is 0.458. The Balaban J connectivity index is 1.95. The van der Waals surface area contributed by atoms with E-state index >= 15 is 0 Å². The van der Waals surface area contributed by atoms with Crippen molar-refractivity contribution in [2.75, 3.05) is 14.1 Å². The smallest absolute Gasteiger partial charge is 0.228 e. The van der Waals surface area contributed by atoms with Gasteiger partial charge in [0.1, 0.15) is 11.9 Å². The molecule has 0 unspecified atom stereocenters.